The van der Waals surface area contributed by atoms with Gasteiger partial charge in [0.25, 0.3) is 0 Å². The van der Waals surface area contributed by atoms with Gasteiger partial charge in [0.15, 0.2) is 0 Å². The number of rotatable bonds is 3. The molecule has 12 heavy (non-hydrogen) atoms. The summed E-state index contributed by atoms with van der Waals surface area (Å²) in [4.78, 5) is 13.2. The highest BCUT2D eigenvalue weighted by molar-refractivity contribution is 5.59. The summed E-state index contributed by atoms with van der Waals surface area (Å²) in [6.07, 6.45) is 7.66. The summed E-state index contributed by atoms with van der Waals surface area (Å²) in [5.74, 6) is 0.709. The molecule has 68 valence electrons. The molecule has 0 aromatic heterocycles. The van der Waals surface area contributed by atoms with Crippen molar-refractivity contribution in [2.24, 2.45) is 5.92 Å². The molecule has 1 unspecified atom stereocenters. The van der Waals surface area contributed by atoms with Crippen molar-refractivity contribution in [1.29, 1.82) is 0 Å². The smallest absolute Gasteiger partial charge is 0.137 e. The largest absolute Gasteiger partial charge is 0.302 e. The number of hydrogen-bond acceptors (Lipinski definition) is 2. The summed E-state index contributed by atoms with van der Waals surface area (Å²) in [7, 11) is 0. The van der Waals surface area contributed by atoms with Gasteiger partial charge in [0.2, 0.25) is 0 Å². The van der Waals surface area contributed by atoms with Crippen LogP contribution in [0, 0.1) is 5.92 Å². The number of likely N-dealkylation sites (tertiary alicyclic amines) is 1. The van der Waals surface area contributed by atoms with Crippen LogP contribution >= 0.6 is 0 Å². The number of carbonyl (C=O) groups is 1. The molecule has 1 saturated heterocycles. The average molecular weight is 167 g/mol. The quantitative estimate of drug-likeness (QED) is 0.593. The highest BCUT2D eigenvalue weighted by Gasteiger charge is 2.35. The van der Waals surface area contributed by atoms with Crippen LogP contribution in [0.15, 0.2) is 0 Å². The Balaban J connectivity index is 1.89. The van der Waals surface area contributed by atoms with E-state index in [1.54, 1.807) is 0 Å². The minimum atomic E-state index is 0.269. The van der Waals surface area contributed by atoms with Gasteiger partial charge in [0.1, 0.15) is 6.29 Å². The highest BCUT2D eigenvalue weighted by Crippen LogP contribution is 2.35. The van der Waals surface area contributed by atoms with Crippen LogP contribution in [0.2, 0.25) is 0 Å². The number of hydrogen-bond donors (Lipinski definition) is 0. The van der Waals surface area contributed by atoms with Gasteiger partial charge in [-0.1, -0.05) is 6.42 Å². The second-order valence-electron chi connectivity index (χ2n) is 4.06. The van der Waals surface area contributed by atoms with Crippen molar-refractivity contribution in [3.8, 4) is 0 Å². The maximum atomic E-state index is 10.8. The van der Waals surface area contributed by atoms with Crippen LogP contribution in [-0.2, 0) is 4.79 Å². The van der Waals surface area contributed by atoms with Crippen LogP contribution in [0.1, 0.15) is 32.1 Å². The summed E-state index contributed by atoms with van der Waals surface area (Å²) in [5.41, 5.74) is 0. The first-order valence-corrected chi connectivity index (χ1v) is 5.11. The number of carbonyl (C=O) groups excluding carboxylic acids is 1. The van der Waals surface area contributed by atoms with Crippen molar-refractivity contribution >= 4 is 6.29 Å². The van der Waals surface area contributed by atoms with Gasteiger partial charge in [-0.05, 0) is 44.7 Å². The van der Waals surface area contributed by atoms with Gasteiger partial charge >= 0.3 is 0 Å². The fourth-order valence-electron chi connectivity index (χ4n) is 2.15. The zero-order chi connectivity index (χ0) is 8.39. The Labute approximate surface area is 73.9 Å². The maximum absolute atomic E-state index is 10.8. The molecule has 1 aliphatic carbocycles. The molecule has 2 rings (SSSR count). The minimum Gasteiger partial charge on any atom is -0.302 e. The summed E-state index contributed by atoms with van der Waals surface area (Å²) in [6, 6.07) is 0.269. The molecule has 0 amide bonds. The molecule has 2 aliphatic rings. The van der Waals surface area contributed by atoms with Crippen molar-refractivity contribution in [3.05, 3.63) is 0 Å². The van der Waals surface area contributed by atoms with Gasteiger partial charge in [-0.3, -0.25) is 4.90 Å². The molecule has 1 aliphatic heterocycles. The Bertz CT molecular complexity index is 159. The lowest BCUT2D eigenvalue weighted by atomic mass is 10.1. The number of nitrogens with zero attached hydrogens (tertiary/aromatic N) is 1. The van der Waals surface area contributed by atoms with Crippen LogP contribution in [0.25, 0.3) is 0 Å². The molecule has 1 saturated carbocycles. The van der Waals surface area contributed by atoms with Crippen LogP contribution in [0.5, 0.6) is 0 Å². The Hall–Kier alpha value is -0.370. The van der Waals surface area contributed by atoms with Gasteiger partial charge in [0.05, 0.1) is 6.04 Å². The van der Waals surface area contributed by atoms with Crippen molar-refractivity contribution in [2.75, 3.05) is 13.1 Å². The Kier molecular flexibility index (Phi) is 2.45. The molecule has 1 atom stereocenters. The first-order chi connectivity index (χ1) is 5.92. The van der Waals surface area contributed by atoms with Crippen molar-refractivity contribution in [3.63, 3.8) is 0 Å². The van der Waals surface area contributed by atoms with Crippen LogP contribution in [0.3, 0.4) is 0 Å². The van der Waals surface area contributed by atoms with E-state index in [1.165, 1.54) is 38.4 Å². The van der Waals surface area contributed by atoms with E-state index in [1.807, 2.05) is 0 Å². The topological polar surface area (TPSA) is 20.3 Å². The summed E-state index contributed by atoms with van der Waals surface area (Å²) in [5, 5.41) is 0. The average Bonchev–Trinajstić information content (AvgIpc) is 2.92. The van der Waals surface area contributed by atoms with Crippen LogP contribution in [0.4, 0.5) is 0 Å². The third kappa shape index (κ3) is 1.69. The molecule has 0 bridgehead atoms. The van der Waals surface area contributed by atoms with Crippen molar-refractivity contribution < 1.29 is 4.79 Å². The maximum Gasteiger partial charge on any atom is 0.137 e. The van der Waals surface area contributed by atoms with Crippen molar-refractivity contribution in [2.45, 2.75) is 38.1 Å². The van der Waals surface area contributed by atoms with Gasteiger partial charge < -0.3 is 4.79 Å². The van der Waals surface area contributed by atoms with E-state index >= 15 is 0 Å². The molecular formula is C10H17NO. The lowest BCUT2D eigenvalue weighted by molar-refractivity contribution is -0.113. The minimum absolute atomic E-state index is 0.269. The second-order valence-corrected chi connectivity index (χ2v) is 4.06. The van der Waals surface area contributed by atoms with E-state index in [4.69, 9.17) is 0 Å². The van der Waals surface area contributed by atoms with E-state index in [2.05, 4.69) is 4.90 Å². The first-order valence-electron chi connectivity index (χ1n) is 5.11. The first kappa shape index (κ1) is 8.24. The third-order valence-corrected chi connectivity index (χ3v) is 3.06. The Morgan fingerprint density at radius 1 is 1.17 bits per heavy atom. The zero-order valence-electron chi connectivity index (χ0n) is 7.54. The molecule has 0 spiro atoms. The normalized spacial score (nSPS) is 28.3. The fourth-order valence-corrected chi connectivity index (χ4v) is 2.15. The molecule has 1 heterocycles. The predicted molar refractivity (Wildman–Crippen MR) is 48.0 cm³/mol. The molecule has 0 aromatic carbocycles. The molecule has 0 aromatic rings. The van der Waals surface area contributed by atoms with Gasteiger partial charge in [-0.2, -0.15) is 0 Å². The Morgan fingerprint density at radius 3 is 2.33 bits per heavy atom. The lowest BCUT2D eigenvalue weighted by Crippen LogP contribution is -2.41. The van der Waals surface area contributed by atoms with Gasteiger partial charge in [-0.15, -0.1) is 0 Å². The standard InChI is InChI=1S/C10H17NO/c12-8-10(9-4-5-9)11-6-2-1-3-7-11/h8-10H,1-7H2. The summed E-state index contributed by atoms with van der Waals surface area (Å²) in [6.45, 7) is 2.31. The number of piperidine rings is 1. The van der Waals surface area contributed by atoms with E-state index < -0.39 is 0 Å². The van der Waals surface area contributed by atoms with E-state index in [-0.39, 0.29) is 6.04 Å². The molecular weight excluding hydrogens is 150 g/mol. The van der Waals surface area contributed by atoms with Crippen molar-refractivity contribution in [1.82, 2.24) is 4.90 Å². The molecule has 2 fully saturated rings. The van der Waals surface area contributed by atoms with Gasteiger partial charge in [0, 0.05) is 0 Å². The highest BCUT2D eigenvalue weighted by atomic mass is 16.1. The molecule has 0 N–H and O–H groups in total. The SMILES string of the molecule is O=CC(C1CC1)N1CCCCC1. The Morgan fingerprint density at radius 2 is 1.83 bits per heavy atom. The molecule has 0 radical (unpaired) electrons. The van der Waals surface area contributed by atoms with Crippen LogP contribution in [-0.4, -0.2) is 30.3 Å². The fraction of sp³-hybridized carbons (Fsp3) is 0.900. The summed E-state index contributed by atoms with van der Waals surface area (Å²) < 4.78 is 0. The molecule has 2 heteroatoms. The lowest BCUT2D eigenvalue weighted by Gasteiger charge is -2.31. The molecule has 2 nitrogen and oxygen atoms in total. The van der Waals surface area contributed by atoms with E-state index in [9.17, 15) is 4.79 Å². The van der Waals surface area contributed by atoms with Crippen LogP contribution < -0.4 is 0 Å². The third-order valence-electron chi connectivity index (χ3n) is 3.06. The van der Waals surface area contributed by atoms with Gasteiger partial charge in [-0.25, -0.2) is 0 Å². The second kappa shape index (κ2) is 3.56. The summed E-state index contributed by atoms with van der Waals surface area (Å²) >= 11 is 0. The monoisotopic (exact) mass is 167 g/mol. The number of aldehydes is 1. The van der Waals surface area contributed by atoms with E-state index in [0.717, 1.165) is 13.1 Å². The van der Waals surface area contributed by atoms with E-state index in [0.29, 0.717) is 5.92 Å². The zero-order valence-corrected chi connectivity index (χ0v) is 7.54. The predicted octanol–water partition coefficient (Wildman–Crippen LogP) is 1.45.